The molecule has 1 N–H and O–H groups in total. The number of aryl methyl sites for hydroxylation is 1. The number of hydrogen-bond donors (Lipinski definition) is 1. The SMILES string of the molecule is CCC1CCCCC1Nc1nc(C)cc(OC(C)C)n1. The average Bonchev–Trinajstić information content (AvgIpc) is 2.37. The van der Waals surface area contributed by atoms with Gasteiger partial charge in [0.15, 0.2) is 0 Å². The minimum atomic E-state index is 0.134. The molecule has 0 aromatic carbocycles. The Bertz CT molecular complexity index is 434. The number of ether oxygens (including phenoxy) is 1. The zero-order chi connectivity index (χ0) is 14.5. The van der Waals surface area contributed by atoms with E-state index >= 15 is 0 Å². The van der Waals surface area contributed by atoms with Gasteiger partial charge < -0.3 is 10.1 Å². The van der Waals surface area contributed by atoms with Crippen LogP contribution in [0.5, 0.6) is 5.88 Å². The van der Waals surface area contributed by atoms with Gasteiger partial charge in [-0.1, -0.05) is 26.2 Å². The molecule has 1 aromatic rings. The Kier molecular flexibility index (Phi) is 5.21. The molecule has 112 valence electrons. The molecule has 0 aliphatic heterocycles. The lowest BCUT2D eigenvalue weighted by molar-refractivity contribution is 0.232. The largest absolute Gasteiger partial charge is 0.475 e. The number of nitrogens with zero attached hydrogens (tertiary/aromatic N) is 2. The van der Waals surface area contributed by atoms with Crippen LogP contribution in [0.4, 0.5) is 5.95 Å². The first-order valence-electron chi connectivity index (χ1n) is 7.87. The fourth-order valence-electron chi connectivity index (χ4n) is 2.96. The predicted octanol–water partition coefficient (Wildman–Crippen LogP) is 3.95. The Hall–Kier alpha value is -1.32. The third-order valence-corrected chi connectivity index (χ3v) is 3.94. The summed E-state index contributed by atoms with van der Waals surface area (Å²) in [4.78, 5) is 8.99. The number of rotatable bonds is 5. The molecule has 1 heterocycles. The van der Waals surface area contributed by atoms with E-state index in [1.165, 1.54) is 32.1 Å². The summed E-state index contributed by atoms with van der Waals surface area (Å²) in [6, 6.07) is 2.39. The van der Waals surface area contributed by atoms with E-state index in [4.69, 9.17) is 4.74 Å². The topological polar surface area (TPSA) is 47.0 Å². The minimum Gasteiger partial charge on any atom is -0.475 e. The van der Waals surface area contributed by atoms with Gasteiger partial charge in [-0.05, 0) is 39.5 Å². The first-order valence-corrected chi connectivity index (χ1v) is 7.87. The fraction of sp³-hybridized carbons (Fsp3) is 0.750. The molecule has 0 spiro atoms. The number of aromatic nitrogens is 2. The fourth-order valence-corrected chi connectivity index (χ4v) is 2.96. The maximum absolute atomic E-state index is 5.69. The molecule has 1 aliphatic rings. The summed E-state index contributed by atoms with van der Waals surface area (Å²) in [5.41, 5.74) is 0.946. The van der Waals surface area contributed by atoms with Crippen molar-refractivity contribution in [1.82, 2.24) is 9.97 Å². The molecule has 4 heteroatoms. The van der Waals surface area contributed by atoms with Gasteiger partial charge >= 0.3 is 0 Å². The van der Waals surface area contributed by atoms with E-state index in [0.29, 0.717) is 17.9 Å². The molecule has 2 atom stereocenters. The maximum atomic E-state index is 5.69. The van der Waals surface area contributed by atoms with E-state index in [9.17, 15) is 0 Å². The van der Waals surface area contributed by atoms with Gasteiger partial charge in [-0.2, -0.15) is 4.98 Å². The van der Waals surface area contributed by atoms with Crippen LogP contribution < -0.4 is 10.1 Å². The van der Waals surface area contributed by atoms with Crippen molar-refractivity contribution in [2.75, 3.05) is 5.32 Å². The lowest BCUT2D eigenvalue weighted by Crippen LogP contribution is -2.32. The summed E-state index contributed by atoms with van der Waals surface area (Å²) in [5.74, 6) is 2.12. The standard InChI is InChI=1S/C16H27N3O/c1-5-13-8-6-7-9-14(13)18-16-17-12(4)10-15(19-16)20-11(2)3/h10-11,13-14H,5-9H2,1-4H3,(H,17,18,19). The van der Waals surface area contributed by atoms with Crippen LogP contribution in [0.3, 0.4) is 0 Å². The van der Waals surface area contributed by atoms with Crippen LogP contribution in [0.2, 0.25) is 0 Å². The molecule has 1 aliphatic carbocycles. The quantitative estimate of drug-likeness (QED) is 0.885. The number of hydrogen-bond acceptors (Lipinski definition) is 4. The van der Waals surface area contributed by atoms with Gasteiger partial charge in [0.2, 0.25) is 11.8 Å². The van der Waals surface area contributed by atoms with E-state index in [1.54, 1.807) is 0 Å². The van der Waals surface area contributed by atoms with Crippen LogP contribution in [0.25, 0.3) is 0 Å². The molecule has 1 saturated carbocycles. The van der Waals surface area contributed by atoms with Crippen molar-refractivity contribution in [2.45, 2.75) is 71.9 Å². The van der Waals surface area contributed by atoms with E-state index in [1.807, 2.05) is 26.8 Å². The Morgan fingerprint density at radius 3 is 2.75 bits per heavy atom. The van der Waals surface area contributed by atoms with Crippen molar-refractivity contribution < 1.29 is 4.74 Å². The Morgan fingerprint density at radius 1 is 1.30 bits per heavy atom. The summed E-state index contributed by atoms with van der Waals surface area (Å²) in [7, 11) is 0. The van der Waals surface area contributed by atoms with Gasteiger partial charge in [0.1, 0.15) is 0 Å². The third kappa shape index (κ3) is 4.09. The second-order valence-corrected chi connectivity index (χ2v) is 6.04. The van der Waals surface area contributed by atoms with Gasteiger partial charge in [-0.3, -0.25) is 0 Å². The van der Waals surface area contributed by atoms with Crippen molar-refractivity contribution in [3.8, 4) is 5.88 Å². The van der Waals surface area contributed by atoms with Gasteiger partial charge in [-0.15, -0.1) is 0 Å². The predicted molar refractivity (Wildman–Crippen MR) is 82.2 cm³/mol. The summed E-state index contributed by atoms with van der Waals surface area (Å²) >= 11 is 0. The molecule has 0 bridgehead atoms. The lowest BCUT2D eigenvalue weighted by Gasteiger charge is -2.31. The van der Waals surface area contributed by atoms with Gasteiger partial charge in [0.05, 0.1) is 6.10 Å². The highest BCUT2D eigenvalue weighted by Gasteiger charge is 2.24. The molecule has 0 amide bonds. The highest BCUT2D eigenvalue weighted by molar-refractivity contribution is 5.32. The van der Waals surface area contributed by atoms with Crippen LogP contribution in [-0.4, -0.2) is 22.1 Å². The Balaban J connectivity index is 2.09. The molecule has 2 unspecified atom stereocenters. The van der Waals surface area contributed by atoms with Crippen molar-refractivity contribution in [1.29, 1.82) is 0 Å². The summed E-state index contributed by atoms with van der Waals surface area (Å²) in [5, 5.41) is 3.53. The lowest BCUT2D eigenvalue weighted by atomic mass is 9.83. The highest BCUT2D eigenvalue weighted by atomic mass is 16.5. The van der Waals surface area contributed by atoms with Crippen LogP contribution in [0.15, 0.2) is 6.07 Å². The second kappa shape index (κ2) is 6.91. The van der Waals surface area contributed by atoms with Crippen LogP contribution in [0, 0.1) is 12.8 Å². The molecule has 1 fully saturated rings. The number of anilines is 1. The van der Waals surface area contributed by atoms with Crippen LogP contribution in [-0.2, 0) is 0 Å². The first kappa shape index (κ1) is 15.1. The molecule has 4 nitrogen and oxygen atoms in total. The normalized spacial score (nSPS) is 22.9. The highest BCUT2D eigenvalue weighted by Crippen LogP contribution is 2.29. The third-order valence-electron chi connectivity index (χ3n) is 3.94. The van der Waals surface area contributed by atoms with Gasteiger partial charge in [0, 0.05) is 17.8 Å². The van der Waals surface area contributed by atoms with Crippen molar-refractivity contribution in [2.24, 2.45) is 5.92 Å². The first-order chi connectivity index (χ1) is 9.58. The molecular weight excluding hydrogens is 250 g/mol. The zero-order valence-electron chi connectivity index (χ0n) is 13.1. The monoisotopic (exact) mass is 277 g/mol. The average molecular weight is 277 g/mol. The molecule has 1 aromatic heterocycles. The smallest absolute Gasteiger partial charge is 0.226 e. The van der Waals surface area contributed by atoms with Crippen LogP contribution >= 0.6 is 0 Å². The molecular formula is C16H27N3O. The maximum Gasteiger partial charge on any atom is 0.226 e. The summed E-state index contributed by atoms with van der Waals surface area (Å²) in [6.07, 6.45) is 6.54. The molecule has 0 saturated heterocycles. The molecule has 20 heavy (non-hydrogen) atoms. The summed E-state index contributed by atoms with van der Waals surface area (Å²) < 4.78 is 5.69. The van der Waals surface area contributed by atoms with E-state index < -0.39 is 0 Å². The Labute approximate surface area is 122 Å². The van der Waals surface area contributed by atoms with Crippen LogP contribution in [0.1, 0.15) is 58.6 Å². The number of nitrogens with one attached hydrogen (secondary N) is 1. The molecule has 2 rings (SSSR count). The second-order valence-electron chi connectivity index (χ2n) is 6.04. The Morgan fingerprint density at radius 2 is 2.05 bits per heavy atom. The van der Waals surface area contributed by atoms with Crippen molar-refractivity contribution in [3.63, 3.8) is 0 Å². The molecule has 0 radical (unpaired) electrons. The zero-order valence-corrected chi connectivity index (χ0v) is 13.1. The minimum absolute atomic E-state index is 0.134. The van der Waals surface area contributed by atoms with Crippen molar-refractivity contribution >= 4 is 5.95 Å². The van der Waals surface area contributed by atoms with Crippen molar-refractivity contribution in [3.05, 3.63) is 11.8 Å². The van der Waals surface area contributed by atoms with Gasteiger partial charge in [0.25, 0.3) is 0 Å². The van der Waals surface area contributed by atoms with E-state index in [-0.39, 0.29) is 6.10 Å². The van der Waals surface area contributed by atoms with E-state index in [2.05, 4.69) is 22.2 Å². The summed E-state index contributed by atoms with van der Waals surface area (Å²) in [6.45, 7) is 8.28. The van der Waals surface area contributed by atoms with Gasteiger partial charge in [-0.25, -0.2) is 4.98 Å². The van der Waals surface area contributed by atoms with E-state index in [0.717, 1.165) is 11.6 Å².